The lowest BCUT2D eigenvalue weighted by molar-refractivity contribution is -0.134. The minimum absolute atomic E-state index is 0.0559. The Kier molecular flexibility index (Phi) is 4.10. The van der Waals surface area contributed by atoms with E-state index >= 15 is 0 Å². The van der Waals surface area contributed by atoms with Crippen molar-refractivity contribution in [3.8, 4) is 6.07 Å². The first-order chi connectivity index (χ1) is 7.06. The third-order valence-electron chi connectivity index (χ3n) is 3.06. The Morgan fingerprint density at radius 2 is 2.00 bits per heavy atom. The molecule has 1 fully saturated rings. The molecule has 1 unspecified atom stereocenters. The van der Waals surface area contributed by atoms with Gasteiger partial charge in [-0.3, -0.25) is 9.69 Å². The molecule has 1 aliphatic rings. The van der Waals surface area contributed by atoms with Crippen molar-refractivity contribution in [1.82, 2.24) is 9.80 Å². The van der Waals surface area contributed by atoms with E-state index in [0.717, 1.165) is 25.9 Å². The standard InChI is InChI=1S/C11H19N3O/c1-9(11(15)13(2)3)14-6-4-10(8-12)5-7-14/h9-10H,4-7H2,1-3H3. The van der Waals surface area contributed by atoms with E-state index in [2.05, 4.69) is 11.0 Å². The third kappa shape index (κ3) is 2.93. The molecule has 4 heteroatoms. The van der Waals surface area contributed by atoms with Crippen LogP contribution in [-0.2, 0) is 4.79 Å². The normalized spacial score (nSPS) is 20.7. The van der Waals surface area contributed by atoms with Gasteiger partial charge in [-0.1, -0.05) is 0 Å². The van der Waals surface area contributed by atoms with Crippen molar-refractivity contribution in [3.05, 3.63) is 0 Å². The van der Waals surface area contributed by atoms with E-state index < -0.39 is 0 Å². The second-order valence-corrected chi connectivity index (χ2v) is 4.35. The van der Waals surface area contributed by atoms with Gasteiger partial charge in [0.2, 0.25) is 5.91 Å². The van der Waals surface area contributed by atoms with Gasteiger partial charge in [0, 0.05) is 33.1 Å². The number of carbonyl (C=O) groups is 1. The summed E-state index contributed by atoms with van der Waals surface area (Å²) in [7, 11) is 3.56. The molecule has 1 rings (SSSR count). The van der Waals surface area contributed by atoms with Crippen LogP contribution < -0.4 is 0 Å². The average molecular weight is 209 g/mol. The average Bonchev–Trinajstić information content (AvgIpc) is 2.27. The Labute approximate surface area is 91.5 Å². The fourth-order valence-corrected chi connectivity index (χ4v) is 1.95. The van der Waals surface area contributed by atoms with Crippen LogP contribution in [0.5, 0.6) is 0 Å². The first-order valence-corrected chi connectivity index (χ1v) is 5.41. The zero-order valence-electron chi connectivity index (χ0n) is 9.73. The number of nitriles is 1. The lowest BCUT2D eigenvalue weighted by atomic mass is 9.97. The van der Waals surface area contributed by atoms with E-state index in [1.54, 1.807) is 19.0 Å². The lowest BCUT2D eigenvalue weighted by Gasteiger charge is -2.34. The molecule has 1 aliphatic heterocycles. The van der Waals surface area contributed by atoms with Crippen LogP contribution >= 0.6 is 0 Å². The molecule has 1 heterocycles. The van der Waals surface area contributed by atoms with Gasteiger partial charge < -0.3 is 4.90 Å². The molecule has 0 radical (unpaired) electrons. The Bertz CT molecular complexity index is 261. The summed E-state index contributed by atoms with van der Waals surface area (Å²) in [6, 6.07) is 2.24. The van der Waals surface area contributed by atoms with Crippen LogP contribution in [0.15, 0.2) is 0 Å². The van der Waals surface area contributed by atoms with Crippen LogP contribution in [-0.4, -0.2) is 48.9 Å². The SMILES string of the molecule is CC(C(=O)N(C)C)N1CCC(C#N)CC1. The van der Waals surface area contributed by atoms with Crippen LogP contribution in [0, 0.1) is 17.2 Å². The summed E-state index contributed by atoms with van der Waals surface area (Å²) in [5.41, 5.74) is 0. The molecule has 0 N–H and O–H groups in total. The zero-order valence-corrected chi connectivity index (χ0v) is 9.73. The third-order valence-corrected chi connectivity index (χ3v) is 3.06. The van der Waals surface area contributed by atoms with Gasteiger partial charge >= 0.3 is 0 Å². The minimum Gasteiger partial charge on any atom is -0.347 e. The summed E-state index contributed by atoms with van der Waals surface area (Å²) in [4.78, 5) is 15.5. The van der Waals surface area contributed by atoms with Crippen LogP contribution in [0.3, 0.4) is 0 Å². The van der Waals surface area contributed by atoms with E-state index in [4.69, 9.17) is 5.26 Å². The molecule has 1 atom stereocenters. The van der Waals surface area contributed by atoms with E-state index in [1.807, 2.05) is 6.92 Å². The molecule has 0 aromatic heterocycles. The lowest BCUT2D eigenvalue weighted by Crippen LogP contribution is -2.47. The predicted molar refractivity (Wildman–Crippen MR) is 58.1 cm³/mol. The van der Waals surface area contributed by atoms with Crippen molar-refractivity contribution in [2.75, 3.05) is 27.2 Å². The number of amides is 1. The molecular weight excluding hydrogens is 190 g/mol. The molecule has 0 spiro atoms. The van der Waals surface area contributed by atoms with Gasteiger partial charge in [0.05, 0.1) is 12.1 Å². The summed E-state index contributed by atoms with van der Waals surface area (Å²) in [6.45, 7) is 3.66. The highest BCUT2D eigenvalue weighted by Gasteiger charge is 2.26. The van der Waals surface area contributed by atoms with Gasteiger partial charge in [-0.25, -0.2) is 0 Å². The van der Waals surface area contributed by atoms with Gasteiger partial charge in [-0.05, 0) is 19.8 Å². The van der Waals surface area contributed by atoms with Gasteiger partial charge in [0.25, 0.3) is 0 Å². The molecule has 1 saturated heterocycles. The van der Waals surface area contributed by atoms with Crippen LogP contribution in [0.25, 0.3) is 0 Å². The van der Waals surface area contributed by atoms with E-state index in [-0.39, 0.29) is 17.9 Å². The zero-order chi connectivity index (χ0) is 11.4. The van der Waals surface area contributed by atoms with Crippen LogP contribution in [0.4, 0.5) is 0 Å². The van der Waals surface area contributed by atoms with Crippen molar-refractivity contribution >= 4 is 5.91 Å². The van der Waals surface area contributed by atoms with Crippen molar-refractivity contribution in [2.45, 2.75) is 25.8 Å². The van der Waals surface area contributed by atoms with Crippen molar-refractivity contribution < 1.29 is 4.79 Å². The second kappa shape index (κ2) is 5.13. The highest BCUT2D eigenvalue weighted by atomic mass is 16.2. The number of carbonyl (C=O) groups excluding carboxylic acids is 1. The molecule has 0 saturated carbocycles. The molecule has 0 aliphatic carbocycles. The van der Waals surface area contributed by atoms with Crippen molar-refractivity contribution in [3.63, 3.8) is 0 Å². The Balaban J connectivity index is 2.47. The molecule has 0 bridgehead atoms. The molecule has 84 valence electrons. The van der Waals surface area contributed by atoms with Gasteiger partial charge in [0.15, 0.2) is 0 Å². The summed E-state index contributed by atoms with van der Waals surface area (Å²) < 4.78 is 0. The quantitative estimate of drug-likeness (QED) is 0.672. The number of likely N-dealkylation sites (N-methyl/N-ethyl adjacent to an activating group) is 1. The van der Waals surface area contributed by atoms with Crippen LogP contribution in [0.2, 0.25) is 0 Å². The maximum absolute atomic E-state index is 11.7. The molecule has 0 aromatic rings. The molecule has 0 aromatic carbocycles. The number of hydrogen-bond acceptors (Lipinski definition) is 3. The van der Waals surface area contributed by atoms with Crippen molar-refractivity contribution in [1.29, 1.82) is 5.26 Å². The number of hydrogen-bond donors (Lipinski definition) is 0. The molecule has 4 nitrogen and oxygen atoms in total. The number of piperidine rings is 1. The summed E-state index contributed by atoms with van der Waals surface area (Å²) in [5.74, 6) is 0.327. The van der Waals surface area contributed by atoms with Crippen LogP contribution in [0.1, 0.15) is 19.8 Å². The minimum atomic E-state index is -0.0559. The smallest absolute Gasteiger partial charge is 0.239 e. The fourth-order valence-electron chi connectivity index (χ4n) is 1.95. The summed E-state index contributed by atoms with van der Waals surface area (Å²) >= 11 is 0. The maximum Gasteiger partial charge on any atom is 0.239 e. The van der Waals surface area contributed by atoms with Gasteiger partial charge in [0.1, 0.15) is 0 Å². The first-order valence-electron chi connectivity index (χ1n) is 5.41. The number of rotatable bonds is 2. The number of nitrogens with zero attached hydrogens (tertiary/aromatic N) is 3. The largest absolute Gasteiger partial charge is 0.347 e. The Morgan fingerprint density at radius 3 is 2.40 bits per heavy atom. The monoisotopic (exact) mass is 209 g/mol. The molecular formula is C11H19N3O. The van der Waals surface area contributed by atoms with E-state index in [1.165, 1.54) is 0 Å². The summed E-state index contributed by atoms with van der Waals surface area (Å²) in [6.07, 6.45) is 1.78. The summed E-state index contributed by atoms with van der Waals surface area (Å²) in [5, 5.41) is 8.77. The fraction of sp³-hybridized carbons (Fsp3) is 0.818. The van der Waals surface area contributed by atoms with Gasteiger partial charge in [-0.2, -0.15) is 5.26 Å². The molecule has 1 amide bonds. The Hall–Kier alpha value is -1.08. The van der Waals surface area contributed by atoms with Gasteiger partial charge in [-0.15, -0.1) is 0 Å². The van der Waals surface area contributed by atoms with Crippen molar-refractivity contribution in [2.24, 2.45) is 5.92 Å². The van der Waals surface area contributed by atoms with E-state index in [9.17, 15) is 4.79 Å². The molecule has 15 heavy (non-hydrogen) atoms. The number of likely N-dealkylation sites (tertiary alicyclic amines) is 1. The second-order valence-electron chi connectivity index (χ2n) is 4.35. The first kappa shape index (κ1) is 12.0. The highest BCUT2D eigenvalue weighted by molar-refractivity contribution is 5.80. The predicted octanol–water partition coefficient (Wildman–Crippen LogP) is 0.699. The van der Waals surface area contributed by atoms with E-state index in [0.29, 0.717) is 0 Å². The highest BCUT2D eigenvalue weighted by Crippen LogP contribution is 2.18. The Morgan fingerprint density at radius 1 is 1.47 bits per heavy atom. The topological polar surface area (TPSA) is 47.3 Å². The maximum atomic E-state index is 11.7.